The Bertz CT molecular complexity index is 190. The van der Waals surface area contributed by atoms with Gasteiger partial charge >= 0.3 is 0 Å². The first-order valence-corrected chi connectivity index (χ1v) is 5.76. The van der Waals surface area contributed by atoms with Crippen LogP contribution in [0.5, 0.6) is 0 Å². The first-order chi connectivity index (χ1) is 6.68. The molecule has 0 aromatic rings. The van der Waals surface area contributed by atoms with Crippen LogP contribution in [0.4, 0.5) is 0 Å². The number of aliphatic hydroxyl groups is 1. The first kappa shape index (κ1) is 10.4. The lowest BCUT2D eigenvalue weighted by Gasteiger charge is -2.41. The van der Waals surface area contributed by atoms with Crippen LogP contribution in [0.1, 0.15) is 33.1 Å². The lowest BCUT2D eigenvalue weighted by Crippen LogP contribution is -2.53. The Hall–Kier alpha value is -0.120. The summed E-state index contributed by atoms with van der Waals surface area (Å²) < 4.78 is 5.61. The highest BCUT2D eigenvalue weighted by Gasteiger charge is 2.37. The van der Waals surface area contributed by atoms with Gasteiger partial charge in [0.1, 0.15) is 0 Å². The molecule has 2 saturated heterocycles. The van der Waals surface area contributed by atoms with Gasteiger partial charge in [0.05, 0.1) is 18.3 Å². The van der Waals surface area contributed by atoms with Crippen LogP contribution in [0, 0.1) is 0 Å². The van der Waals surface area contributed by atoms with Crippen LogP contribution in [0.25, 0.3) is 0 Å². The third-order valence-corrected chi connectivity index (χ3v) is 3.51. The van der Waals surface area contributed by atoms with E-state index in [9.17, 15) is 5.11 Å². The van der Waals surface area contributed by atoms with Crippen LogP contribution >= 0.6 is 0 Å². The summed E-state index contributed by atoms with van der Waals surface area (Å²) in [5.41, 5.74) is 0. The van der Waals surface area contributed by atoms with E-state index in [-0.39, 0.29) is 12.2 Å². The van der Waals surface area contributed by atoms with Crippen molar-refractivity contribution in [1.82, 2.24) is 4.90 Å². The van der Waals surface area contributed by atoms with E-state index in [1.165, 1.54) is 12.8 Å². The fourth-order valence-corrected chi connectivity index (χ4v) is 2.73. The van der Waals surface area contributed by atoms with Crippen molar-refractivity contribution in [3.63, 3.8) is 0 Å². The zero-order chi connectivity index (χ0) is 10.1. The standard InChI is InChI=1S/C11H21NO2/c1-8-7-10(11(13)9(2)14-8)12-5-3-4-6-12/h8-11,13H,3-7H2,1-2H3/t8?,9-,10?,11?/m0/s1. The molecular weight excluding hydrogens is 178 g/mol. The molecule has 0 radical (unpaired) electrons. The zero-order valence-corrected chi connectivity index (χ0v) is 9.15. The summed E-state index contributed by atoms with van der Waals surface area (Å²) in [4.78, 5) is 2.43. The van der Waals surface area contributed by atoms with E-state index in [2.05, 4.69) is 11.8 Å². The van der Waals surface area contributed by atoms with Gasteiger partial charge in [-0.3, -0.25) is 4.90 Å². The average molecular weight is 199 g/mol. The van der Waals surface area contributed by atoms with Crippen LogP contribution in [0.2, 0.25) is 0 Å². The van der Waals surface area contributed by atoms with Gasteiger partial charge in [-0.2, -0.15) is 0 Å². The number of aliphatic hydroxyl groups excluding tert-OH is 1. The second kappa shape index (κ2) is 4.17. The smallest absolute Gasteiger partial charge is 0.0954 e. The summed E-state index contributed by atoms with van der Waals surface area (Å²) in [6.07, 6.45) is 3.53. The predicted molar refractivity (Wildman–Crippen MR) is 55.2 cm³/mol. The average Bonchev–Trinajstić information content (AvgIpc) is 2.63. The Balaban J connectivity index is 2.00. The molecule has 1 N–H and O–H groups in total. The van der Waals surface area contributed by atoms with E-state index in [1.807, 2.05) is 6.92 Å². The number of likely N-dealkylation sites (tertiary alicyclic amines) is 1. The first-order valence-electron chi connectivity index (χ1n) is 5.76. The van der Waals surface area contributed by atoms with Crippen molar-refractivity contribution in [1.29, 1.82) is 0 Å². The molecule has 14 heavy (non-hydrogen) atoms. The molecule has 2 heterocycles. The summed E-state index contributed by atoms with van der Waals surface area (Å²) in [5, 5.41) is 10.0. The topological polar surface area (TPSA) is 32.7 Å². The van der Waals surface area contributed by atoms with Crippen LogP contribution < -0.4 is 0 Å². The van der Waals surface area contributed by atoms with E-state index in [4.69, 9.17) is 4.74 Å². The van der Waals surface area contributed by atoms with Gasteiger partial charge in [0, 0.05) is 6.04 Å². The molecule has 0 spiro atoms. The van der Waals surface area contributed by atoms with E-state index in [1.54, 1.807) is 0 Å². The van der Waals surface area contributed by atoms with E-state index < -0.39 is 0 Å². The molecule has 0 aromatic carbocycles. The quantitative estimate of drug-likeness (QED) is 0.684. The van der Waals surface area contributed by atoms with Gasteiger partial charge in [0.15, 0.2) is 0 Å². The summed E-state index contributed by atoms with van der Waals surface area (Å²) >= 11 is 0. The predicted octanol–water partition coefficient (Wildman–Crippen LogP) is 1.01. The molecule has 82 valence electrons. The van der Waals surface area contributed by atoms with Gasteiger partial charge in [-0.05, 0) is 46.2 Å². The number of rotatable bonds is 1. The van der Waals surface area contributed by atoms with Gasteiger partial charge in [0.25, 0.3) is 0 Å². The second-order valence-corrected chi connectivity index (χ2v) is 4.69. The summed E-state index contributed by atoms with van der Waals surface area (Å²) in [6, 6.07) is 0.330. The molecule has 3 nitrogen and oxygen atoms in total. The van der Waals surface area contributed by atoms with Crippen molar-refractivity contribution >= 4 is 0 Å². The fourth-order valence-electron chi connectivity index (χ4n) is 2.73. The second-order valence-electron chi connectivity index (χ2n) is 4.69. The van der Waals surface area contributed by atoms with Gasteiger partial charge in [0.2, 0.25) is 0 Å². The lowest BCUT2D eigenvalue weighted by molar-refractivity contribution is -0.137. The molecule has 0 bridgehead atoms. The van der Waals surface area contributed by atoms with Crippen molar-refractivity contribution in [3.8, 4) is 0 Å². The van der Waals surface area contributed by atoms with E-state index >= 15 is 0 Å². The maximum absolute atomic E-state index is 10.0. The molecule has 4 atom stereocenters. The van der Waals surface area contributed by atoms with E-state index in [0.717, 1.165) is 19.5 Å². The van der Waals surface area contributed by atoms with Gasteiger partial charge in [-0.25, -0.2) is 0 Å². The number of ether oxygens (including phenoxy) is 1. The summed E-state index contributed by atoms with van der Waals surface area (Å²) in [5.74, 6) is 0. The van der Waals surface area contributed by atoms with Crippen molar-refractivity contribution in [3.05, 3.63) is 0 Å². The fraction of sp³-hybridized carbons (Fsp3) is 1.00. The third-order valence-electron chi connectivity index (χ3n) is 3.51. The molecule has 2 aliphatic rings. The molecule has 0 amide bonds. The minimum atomic E-state index is -0.302. The lowest BCUT2D eigenvalue weighted by atomic mass is 9.95. The van der Waals surface area contributed by atoms with Crippen molar-refractivity contribution in [2.45, 2.75) is 57.5 Å². The molecular formula is C11H21NO2. The Labute approximate surface area is 86.0 Å². The molecule has 0 aromatic heterocycles. The number of nitrogens with zero attached hydrogens (tertiary/aromatic N) is 1. The Morgan fingerprint density at radius 2 is 1.86 bits per heavy atom. The van der Waals surface area contributed by atoms with Gasteiger partial charge < -0.3 is 9.84 Å². The molecule has 0 saturated carbocycles. The minimum absolute atomic E-state index is 0.00986. The van der Waals surface area contributed by atoms with E-state index in [0.29, 0.717) is 12.1 Å². The highest BCUT2D eigenvalue weighted by Crippen LogP contribution is 2.26. The Kier molecular flexibility index (Phi) is 3.10. The third kappa shape index (κ3) is 1.95. The van der Waals surface area contributed by atoms with Crippen LogP contribution in [0.3, 0.4) is 0 Å². The Morgan fingerprint density at radius 3 is 2.50 bits per heavy atom. The Morgan fingerprint density at radius 1 is 1.21 bits per heavy atom. The van der Waals surface area contributed by atoms with Crippen molar-refractivity contribution < 1.29 is 9.84 Å². The van der Waals surface area contributed by atoms with Crippen LogP contribution in [0.15, 0.2) is 0 Å². The van der Waals surface area contributed by atoms with Crippen molar-refractivity contribution in [2.24, 2.45) is 0 Å². The highest BCUT2D eigenvalue weighted by molar-refractivity contribution is 4.90. The monoisotopic (exact) mass is 199 g/mol. The van der Waals surface area contributed by atoms with Gasteiger partial charge in [-0.1, -0.05) is 0 Å². The largest absolute Gasteiger partial charge is 0.389 e. The van der Waals surface area contributed by atoms with Gasteiger partial charge in [-0.15, -0.1) is 0 Å². The van der Waals surface area contributed by atoms with Crippen molar-refractivity contribution in [2.75, 3.05) is 13.1 Å². The summed E-state index contributed by atoms with van der Waals surface area (Å²) in [7, 11) is 0. The minimum Gasteiger partial charge on any atom is -0.389 e. The number of hydrogen-bond donors (Lipinski definition) is 1. The number of hydrogen-bond acceptors (Lipinski definition) is 3. The maximum atomic E-state index is 10.0. The maximum Gasteiger partial charge on any atom is 0.0954 e. The zero-order valence-electron chi connectivity index (χ0n) is 9.15. The molecule has 2 rings (SSSR count). The van der Waals surface area contributed by atoms with Crippen LogP contribution in [-0.2, 0) is 4.74 Å². The molecule has 2 aliphatic heterocycles. The highest BCUT2D eigenvalue weighted by atomic mass is 16.5. The van der Waals surface area contributed by atoms with Crippen LogP contribution in [-0.4, -0.2) is 47.4 Å². The molecule has 3 unspecified atom stereocenters. The molecule has 3 heteroatoms. The SMILES string of the molecule is CC1CC(N2CCCC2)C(O)[C@H](C)O1. The normalized spacial score (nSPS) is 45.6. The molecule has 2 fully saturated rings. The summed E-state index contributed by atoms with van der Waals surface area (Å²) in [6.45, 7) is 6.39. The molecule has 0 aliphatic carbocycles.